The Kier molecular flexibility index (Phi) is 3.24. The molecule has 0 aromatic heterocycles. The molecule has 0 saturated carbocycles. The van der Waals surface area contributed by atoms with E-state index in [1.54, 1.807) is 6.08 Å². The van der Waals surface area contributed by atoms with Gasteiger partial charge in [-0.15, -0.1) is 0 Å². The predicted molar refractivity (Wildman–Crippen MR) is 48.6 cm³/mol. The van der Waals surface area contributed by atoms with Gasteiger partial charge >= 0.3 is 0 Å². The summed E-state index contributed by atoms with van der Waals surface area (Å²) in [5.41, 5.74) is 1.14. The standard InChI is InChI=1S/C10H11NO/c1-9(11-8-12)10-6-4-2-3-5-7-10/h2-6,9H,7H2,1H3. The van der Waals surface area contributed by atoms with E-state index >= 15 is 0 Å². The maximum Gasteiger partial charge on any atom is 0.235 e. The van der Waals surface area contributed by atoms with Crippen molar-refractivity contribution in [2.24, 2.45) is 4.99 Å². The molecule has 0 radical (unpaired) electrons. The van der Waals surface area contributed by atoms with Gasteiger partial charge in [0.1, 0.15) is 0 Å². The smallest absolute Gasteiger partial charge is 0.211 e. The summed E-state index contributed by atoms with van der Waals surface area (Å²) >= 11 is 0. The van der Waals surface area contributed by atoms with Gasteiger partial charge in [-0.1, -0.05) is 30.4 Å². The van der Waals surface area contributed by atoms with Gasteiger partial charge in [0.25, 0.3) is 0 Å². The molecule has 62 valence electrons. The van der Waals surface area contributed by atoms with Gasteiger partial charge in [-0.05, 0) is 18.9 Å². The van der Waals surface area contributed by atoms with Crippen molar-refractivity contribution < 1.29 is 4.79 Å². The van der Waals surface area contributed by atoms with Crippen LogP contribution in [0.25, 0.3) is 0 Å². The van der Waals surface area contributed by atoms with Crippen LogP contribution < -0.4 is 0 Å². The minimum atomic E-state index is -0.0464. The summed E-state index contributed by atoms with van der Waals surface area (Å²) < 4.78 is 0. The lowest BCUT2D eigenvalue weighted by atomic mass is 10.1. The number of rotatable bonds is 2. The highest BCUT2D eigenvalue weighted by molar-refractivity contribution is 5.36. The molecule has 2 heteroatoms. The average molecular weight is 161 g/mol. The molecule has 0 aromatic rings. The third kappa shape index (κ3) is 2.33. The zero-order valence-corrected chi connectivity index (χ0v) is 7.03. The summed E-state index contributed by atoms with van der Waals surface area (Å²) in [5.74, 6) is 0. The zero-order chi connectivity index (χ0) is 8.81. The van der Waals surface area contributed by atoms with Crippen LogP contribution in [0.1, 0.15) is 13.3 Å². The molecule has 0 heterocycles. The fourth-order valence-corrected chi connectivity index (χ4v) is 1.07. The Balaban J connectivity index is 2.74. The fraction of sp³-hybridized carbons (Fsp3) is 0.300. The molecule has 0 spiro atoms. The quantitative estimate of drug-likeness (QED) is 0.450. The number of allylic oxidation sites excluding steroid dienone is 5. The molecular formula is C10H11NO. The molecule has 0 N–H and O–H groups in total. The van der Waals surface area contributed by atoms with Gasteiger partial charge in [-0.2, -0.15) is 4.99 Å². The molecule has 0 amide bonds. The summed E-state index contributed by atoms with van der Waals surface area (Å²) in [4.78, 5) is 13.6. The van der Waals surface area contributed by atoms with E-state index in [9.17, 15) is 4.79 Å². The average Bonchev–Trinajstić information content (AvgIpc) is 2.32. The van der Waals surface area contributed by atoms with Gasteiger partial charge in [0.15, 0.2) is 0 Å². The Morgan fingerprint density at radius 1 is 1.50 bits per heavy atom. The van der Waals surface area contributed by atoms with E-state index in [1.807, 2.05) is 37.3 Å². The first-order chi connectivity index (χ1) is 5.84. The maximum absolute atomic E-state index is 9.99. The molecule has 0 aromatic carbocycles. The number of nitrogens with zero attached hydrogens (tertiary/aromatic N) is 1. The Morgan fingerprint density at radius 3 is 3.08 bits per heavy atom. The molecule has 1 aliphatic rings. The third-order valence-electron chi connectivity index (χ3n) is 1.81. The van der Waals surface area contributed by atoms with Crippen molar-refractivity contribution >= 4 is 6.08 Å². The second kappa shape index (κ2) is 4.47. The van der Waals surface area contributed by atoms with E-state index in [0.29, 0.717) is 0 Å². The molecule has 0 bridgehead atoms. The van der Waals surface area contributed by atoms with Crippen molar-refractivity contribution in [2.75, 3.05) is 0 Å². The van der Waals surface area contributed by atoms with Crippen LogP contribution in [0, 0.1) is 0 Å². The van der Waals surface area contributed by atoms with Gasteiger partial charge in [0.05, 0.1) is 6.04 Å². The van der Waals surface area contributed by atoms with E-state index in [0.717, 1.165) is 12.0 Å². The lowest BCUT2D eigenvalue weighted by Crippen LogP contribution is -2.01. The molecule has 2 nitrogen and oxygen atoms in total. The van der Waals surface area contributed by atoms with Crippen molar-refractivity contribution in [2.45, 2.75) is 19.4 Å². The van der Waals surface area contributed by atoms with Crippen molar-refractivity contribution in [3.05, 3.63) is 36.0 Å². The second-order valence-electron chi connectivity index (χ2n) is 2.66. The number of hydrogen-bond donors (Lipinski definition) is 0. The fourth-order valence-electron chi connectivity index (χ4n) is 1.07. The van der Waals surface area contributed by atoms with Crippen LogP contribution in [0.3, 0.4) is 0 Å². The predicted octanol–water partition coefficient (Wildman–Crippen LogP) is 2.15. The molecule has 1 aliphatic carbocycles. The van der Waals surface area contributed by atoms with Crippen molar-refractivity contribution in [1.29, 1.82) is 0 Å². The van der Waals surface area contributed by atoms with Crippen LogP contribution >= 0.6 is 0 Å². The third-order valence-corrected chi connectivity index (χ3v) is 1.81. The summed E-state index contributed by atoms with van der Waals surface area (Å²) in [7, 11) is 0. The topological polar surface area (TPSA) is 29.4 Å². The van der Waals surface area contributed by atoms with E-state index in [4.69, 9.17) is 0 Å². The highest BCUT2D eigenvalue weighted by Gasteiger charge is 2.04. The highest BCUT2D eigenvalue weighted by atomic mass is 16.1. The summed E-state index contributed by atoms with van der Waals surface area (Å²) in [6.07, 6.45) is 12.4. The first-order valence-corrected chi connectivity index (χ1v) is 3.94. The van der Waals surface area contributed by atoms with Gasteiger partial charge in [0, 0.05) is 0 Å². The zero-order valence-electron chi connectivity index (χ0n) is 7.03. The van der Waals surface area contributed by atoms with Crippen molar-refractivity contribution in [3.8, 4) is 0 Å². The Hall–Kier alpha value is -1.40. The van der Waals surface area contributed by atoms with Crippen molar-refractivity contribution in [1.82, 2.24) is 0 Å². The van der Waals surface area contributed by atoms with Crippen LogP contribution in [-0.4, -0.2) is 12.1 Å². The van der Waals surface area contributed by atoms with Crippen LogP contribution in [0.5, 0.6) is 0 Å². The molecule has 1 rings (SSSR count). The molecular weight excluding hydrogens is 150 g/mol. The SMILES string of the molecule is CC(N=C=O)C1=CC=CC=CC1. The maximum atomic E-state index is 9.99. The second-order valence-corrected chi connectivity index (χ2v) is 2.66. The molecule has 1 atom stereocenters. The number of carbonyl (C=O) groups excluding carboxylic acids is 1. The Bertz CT molecular complexity index is 280. The van der Waals surface area contributed by atoms with E-state index in [-0.39, 0.29) is 6.04 Å². The molecule has 0 fully saturated rings. The minimum absolute atomic E-state index is 0.0464. The van der Waals surface area contributed by atoms with E-state index in [1.165, 1.54) is 0 Å². The minimum Gasteiger partial charge on any atom is -0.211 e. The monoisotopic (exact) mass is 161 g/mol. The first-order valence-electron chi connectivity index (χ1n) is 3.94. The Labute approximate surface area is 72.0 Å². The lowest BCUT2D eigenvalue weighted by Gasteiger charge is -2.05. The van der Waals surface area contributed by atoms with E-state index in [2.05, 4.69) is 4.99 Å². The van der Waals surface area contributed by atoms with Gasteiger partial charge in [-0.3, -0.25) is 0 Å². The van der Waals surface area contributed by atoms with Gasteiger partial charge in [0.2, 0.25) is 6.08 Å². The Morgan fingerprint density at radius 2 is 2.33 bits per heavy atom. The van der Waals surface area contributed by atoms with Gasteiger partial charge in [-0.25, -0.2) is 4.79 Å². The normalized spacial score (nSPS) is 17.6. The van der Waals surface area contributed by atoms with Crippen molar-refractivity contribution in [3.63, 3.8) is 0 Å². The highest BCUT2D eigenvalue weighted by Crippen LogP contribution is 2.13. The number of isocyanates is 1. The lowest BCUT2D eigenvalue weighted by molar-refractivity contribution is 0.560. The van der Waals surface area contributed by atoms with Crippen LogP contribution in [0.2, 0.25) is 0 Å². The molecule has 0 saturated heterocycles. The summed E-state index contributed by atoms with van der Waals surface area (Å²) in [6, 6.07) is -0.0464. The number of aliphatic imine (C=N–C) groups is 1. The van der Waals surface area contributed by atoms with E-state index < -0.39 is 0 Å². The molecule has 1 unspecified atom stereocenters. The van der Waals surface area contributed by atoms with Crippen LogP contribution in [0.4, 0.5) is 0 Å². The summed E-state index contributed by atoms with van der Waals surface area (Å²) in [5, 5.41) is 0. The largest absolute Gasteiger partial charge is 0.235 e. The van der Waals surface area contributed by atoms with Gasteiger partial charge < -0.3 is 0 Å². The van der Waals surface area contributed by atoms with Crippen LogP contribution in [-0.2, 0) is 4.79 Å². The van der Waals surface area contributed by atoms with Crippen LogP contribution in [0.15, 0.2) is 40.9 Å². The first kappa shape index (κ1) is 8.69. The molecule has 0 aliphatic heterocycles. The molecule has 12 heavy (non-hydrogen) atoms. The summed E-state index contributed by atoms with van der Waals surface area (Å²) in [6.45, 7) is 1.89. The number of hydrogen-bond acceptors (Lipinski definition) is 2.